The molecule has 0 aromatic heterocycles. The number of nitrogens with two attached hydrogens (primary N) is 1. The molecular formula is C9H16N4O. The van der Waals surface area contributed by atoms with Crippen molar-refractivity contribution in [2.45, 2.75) is 6.42 Å². The van der Waals surface area contributed by atoms with Crippen LogP contribution in [0.25, 0.3) is 0 Å². The van der Waals surface area contributed by atoms with Gasteiger partial charge >= 0.3 is 0 Å². The molecule has 1 aliphatic rings. The summed E-state index contributed by atoms with van der Waals surface area (Å²) in [6, 6.07) is 2.12. The van der Waals surface area contributed by atoms with Gasteiger partial charge in [0.25, 0.3) is 0 Å². The number of carbonyl (C=O) groups is 1. The number of nitriles is 1. The van der Waals surface area contributed by atoms with Crippen LogP contribution in [0.5, 0.6) is 0 Å². The molecule has 1 aliphatic heterocycles. The van der Waals surface area contributed by atoms with Gasteiger partial charge in [0.05, 0.1) is 12.6 Å². The van der Waals surface area contributed by atoms with Gasteiger partial charge in [-0.3, -0.25) is 9.69 Å². The third-order valence-electron chi connectivity index (χ3n) is 2.44. The van der Waals surface area contributed by atoms with E-state index in [4.69, 9.17) is 11.0 Å². The van der Waals surface area contributed by atoms with Crippen molar-refractivity contribution >= 4 is 5.91 Å². The molecule has 0 spiro atoms. The van der Waals surface area contributed by atoms with Crippen LogP contribution in [-0.2, 0) is 4.79 Å². The summed E-state index contributed by atoms with van der Waals surface area (Å²) in [6.07, 6.45) is 0.560. The Bertz CT molecular complexity index is 227. The minimum Gasteiger partial charge on any atom is -0.339 e. The zero-order valence-corrected chi connectivity index (χ0v) is 8.28. The summed E-state index contributed by atoms with van der Waals surface area (Å²) >= 11 is 0. The average Bonchev–Trinajstić information content (AvgIpc) is 2.26. The first-order valence-corrected chi connectivity index (χ1v) is 4.85. The molecule has 1 heterocycles. The lowest BCUT2D eigenvalue weighted by Crippen LogP contribution is -2.50. The lowest BCUT2D eigenvalue weighted by Gasteiger charge is -2.34. The summed E-state index contributed by atoms with van der Waals surface area (Å²) in [6.45, 7) is 4.09. The lowest BCUT2D eigenvalue weighted by molar-refractivity contribution is -0.131. The Hall–Kier alpha value is -1.12. The maximum Gasteiger partial charge on any atom is 0.236 e. The largest absolute Gasteiger partial charge is 0.339 e. The highest BCUT2D eigenvalue weighted by molar-refractivity contribution is 5.78. The highest BCUT2D eigenvalue weighted by Crippen LogP contribution is 2.01. The van der Waals surface area contributed by atoms with Gasteiger partial charge in [0.15, 0.2) is 0 Å². The van der Waals surface area contributed by atoms with Crippen LogP contribution in [0.1, 0.15) is 6.42 Å². The molecule has 14 heavy (non-hydrogen) atoms. The van der Waals surface area contributed by atoms with Gasteiger partial charge in [-0.25, -0.2) is 0 Å². The number of carbonyl (C=O) groups excluding carboxylic acids is 1. The van der Waals surface area contributed by atoms with Crippen molar-refractivity contribution in [2.24, 2.45) is 5.73 Å². The topological polar surface area (TPSA) is 73.4 Å². The van der Waals surface area contributed by atoms with Crippen LogP contribution < -0.4 is 5.73 Å². The van der Waals surface area contributed by atoms with E-state index in [1.165, 1.54) is 0 Å². The molecule has 5 heteroatoms. The molecule has 0 aromatic rings. The number of hydrogen-bond acceptors (Lipinski definition) is 4. The van der Waals surface area contributed by atoms with Crippen LogP contribution in [-0.4, -0.2) is 55.0 Å². The van der Waals surface area contributed by atoms with Gasteiger partial charge in [-0.2, -0.15) is 5.26 Å². The highest BCUT2D eigenvalue weighted by Gasteiger charge is 2.19. The lowest BCUT2D eigenvalue weighted by atomic mass is 10.3. The minimum atomic E-state index is 0.0185. The average molecular weight is 196 g/mol. The summed E-state index contributed by atoms with van der Waals surface area (Å²) in [4.78, 5) is 15.2. The number of piperazine rings is 1. The Labute approximate surface area is 84.1 Å². The van der Waals surface area contributed by atoms with Gasteiger partial charge in [-0.15, -0.1) is 0 Å². The highest BCUT2D eigenvalue weighted by atomic mass is 16.2. The second kappa shape index (κ2) is 5.58. The third kappa shape index (κ3) is 2.98. The summed E-state index contributed by atoms with van der Waals surface area (Å²) in [5, 5.41) is 8.42. The predicted molar refractivity (Wildman–Crippen MR) is 52.3 cm³/mol. The first kappa shape index (κ1) is 11.0. The zero-order valence-electron chi connectivity index (χ0n) is 8.28. The Morgan fingerprint density at radius 1 is 1.36 bits per heavy atom. The minimum absolute atomic E-state index is 0.0185. The van der Waals surface area contributed by atoms with Crippen LogP contribution >= 0.6 is 0 Å². The molecule has 2 N–H and O–H groups in total. The van der Waals surface area contributed by atoms with Crippen molar-refractivity contribution in [1.82, 2.24) is 9.80 Å². The van der Waals surface area contributed by atoms with E-state index < -0.39 is 0 Å². The van der Waals surface area contributed by atoms with Crippen molar-refractivity contribution in [2.75, 3.05) is 39.3 Å². The standard InChI is InChI=1S/C9H16N4O/c10-2-1-3-12-4-6-13(7-5-12)9(14)8-11/h1,3-8,11H2. The molecule has 0 aliphatic carbocycles. The molecule has 0 radical (unpaired) electrons. The van der Waals surface area contributed by atoms with Crippen LogP contribution in [0.3, 0.4) is 0 Å². The van der Waals surface area contributed by atoms with Crippen molar-refractivity contribution in [3.8, 4) is 6.07 Å². The maximum atomic E-state index is 11.2. The van der Waals surface area contributed by atoms with E-state index in [9.17, 15) is 4.79 Å². The van der Waals surface area contributed by atoms with E-state index >= 15 is 0 Å². The zero-order chi connectivity index (χ0) is 10.4. The van der Waals surface area contributed by atoms with Crippen LogP contribution in [0, 0.1) is 11.3 Å². The van der Waals surface area contributed by atoms with Gasteiger partial charge in [0.2, 0.25) is 5.91 Å². The Morgan fingerprint density at radius 2 is 2.00 bits per heavy atom. The summed E-state index contributed by atoms with van der Waals surface area (Å²) < 4.78 is 0. The summed E-state index contributed by atoms with van der Waals surface area (Å²) in [5.74, 6) is 0.0185. The normalized spacial score (nSPS) is 17.9. The van der Waals surface area contributed by atoms with Crippen LogP contribution in [0.15, 0.2) is 0 Å². The SMILES string of the molecule is N#CCCN1CCN(C(=O)CN)CC1. The van der Waals surface area contributed by atoms with Crippen molar-refractivity contribution in [3.63, 3.8) is 0 Å². The number of hydrogen-bond donors (Lipinski definition) is 1. The molecule has 0 saturated carbocycles. The molecule has 78 valence electrons. The molecule has 1 rings (SSSR count). The molecule has 5 nitrogen and oxygen atoms in total. The first-order valence-electron chi connectivity index (χ1n) is 4.85. The Kier molecular flexibility index (Phi) is 4.36. The monoisotopic (exact) mass is 196 g/mol. The molecule has 0 unspecified atom stereocenters. The number of rotatable bonds is 3. The van der Waals surface area contributed by atoms with Gasteiger partial charge in [-0.1, -0.05) is 0 Å². The molecule has 1 saturated heterocycles. The maximum absolute atomic E-state index is 11.2. The van der Waals surface area contributed by atoms with E-state index in [0.29, 0.717) is 6.42 Å². The van der Waals surface area contributed by atoms with E-state index in [2.05, 4.69) is 11.0 Å². The Morgan fingerprint density at radius 3 is 2.50 bits per heavy atom. The van der Waals surface area contributed by atoms with Crippen molar-refractivity contribution in [1.29, 1.82) is 5.26 Å². The molecule has 0 atom stereocenters. The molecular weight excluding hydrogens is 180 g/mol. The van der Waals surface area contributed by atoms with Gasteiger partial charge in [0.1, 0.15) is 0 Å². The summed E-state index contributed by atoms with van der Waals surface area (Å²) in [7, 11) is 0. The molecule has 0 aromatic carbocycles. The summed E-state index contributed by atoms with van der Waals surface area (Å²) in [5.41, 5.74) is 5.27. The van der Waals surface area contributed by atoms with E-state index in [1.54, 1.807) is 4.90 Å². The van der Waals surface area contributed by atoms with Gasteiger partial charge < -0.3 is 10.6 Å². The van der Waals surface area contributed by atoms with Crippen molar-refractivity contribution in [3.05, 3.63) is 0 Å². The number of nitrogens with zero attached hydrogens (tertiary/aromatic N) is 3. The van der Waals surface area contributed by atoms with E-state index in [1.807, 2.05) is 0 Å². The fourth-order valence-electron chi connectivity index (χ4n) is 1.56. The molecule has 1 amide bonds. The second-order valence-corrected chi connectivity index (χ2v) is 3.33. The fraction of sp³-hybridized carbons (Fsp3) is 0.778. The third-order valence-corrected chi connectivity index (χ3v) is 2.44. The smallest absolute Gasteiger partial charge is 0.236 e. The second-order valence-electron chi connectivity index (χ2n) is 3.33. The van der Waals surface area contributed by atoms with Crippen LogP contribution in [0.4, 0.5) is 0 Å². The quantitative estimate of drug-likeness (QED) is 0.628. The van der Waals surface area contributed by atoms with Gasteiger partial charge in [0, 0.05) is 39.1 Å². The molecule has 1 fully saturated rings. The van der Waals surface area contributed by atoms with Gasteiger partial charge in [-0.05, 0) is 0 Å². The van der Waals surface area contributed by atoms with E-state index in [-0.39, 0.29) is 12.5 Å². The van der Waals surface area contributed by atoms with Crippen LogP contribution in [0.2, 0.25) is 0 Å². The predicted octanol–water partition coefficient (Wildman–Crippen LogP) is -0.997. The molecule has 0 bridgehead atoms. The first-order chi connectivity index (χ1) is 6.77. The number of amides is 1. The van der Waals surface area contributed by atoms with E-state index in [0.717, 1.165) is 32.7 Å². The fourth-order valence-corrected chi connectivity index (χ4v) is 1.56. The Balaban J connectivity index is 2.25. The van der Waals surface area contributed by atoms with Crippen molar-refractivity contribution < 1.29 is 4.79 Å².